The zero-order valence-electron chi connectivity index (χ0n) is 12.6. The molecular formula is C15H21N3O4. The number of nitro benzene ring substituents is 1. The first kappa shape index (κ1) is 16.2. The molecule has 1 heterocycles. The van der Waals surface area contributed by atoms with E-state index in [1.807, 2.05) is 6.92 Å². The van der Waals surface area contributed by atoms with Crippen LogP contribution in [-0.2, 0) is 0 Å². The first-order valence-electron chi connectivity index (χ1n) is 7.40. The van der Waals surface area contributed by atoms with Crippen LogP contribution in [0.15, 0.2) is 24.3 Å². The summed E-state index contributed by atoms with van der Waals surface area (Å²) in [7, 11) is 0. The SMILES string of the molecule is C[C@@]1(CCCO)CCCN1C(=O)Nc1cccc([N+](=O)[O-])c1. The fraction of sp³-hybridized carbons (Fsp3) is 0.533. The number of rotatable bonds is 5. The van der Waals surface area contributed by atoms with Gasteiger partial charge in [-0.25, -0.2) is 4.79 Å². The van der Waals surface area contributed by atoms with Crippen LogP contribution in [0.4, 0.5) is 16.2 Å². The Labute approximate surface area is 129 Å². The molecule has 1 aliphatic rings. The molecule has 0 radical (unpaired) electrons. The number of carbonyl (C=O) groups is 1. The molecule has 0 aliphatic carbocycles. The van der Waals surface area contributed by atoms with E-state index in [1.54, 1.807) is 17.0 Å². The molecule has 0 unspecified atom stereocenters. The smallest absolute Gasteiger partial charge is 0.322 e. The second kappa shape index (κ2) is 6.74. The van der Waals surface area contributed by atoms with Crippen molar-refractivity contribution < 1.29 is 14.8 Å². The average molecular weight is 307 g/mol. The zero-order chi connectivity index (χ0) is 16.2. The minimum Gasteiger partial charge on any atom is -0.396 e. The van der Waals surface area contributed by atoms with Crippen LogP contribution in [0.1, 0.15) is 32.6 Å². The summed E-state index contributed by atoms with van der Waals surface area (Å²) in [4.78, 5) is 24.5. The number of likely N-dealkylation sites (tertiary alicyclic amines) is 1. The normalized spacial score (nSPS) is 20.9. The van der Waals surface area contributed by atoms with Crippen molar-refractivity contribution in [2.45, 2.75) is 38.1 Å². The van der Waals surface area contributed by atoms with Crippen LogP contribution in [0.5, 0.6) is 0 Å². The second-order valence-electron chi connectivity index (χ2n) is 5.82. The Hall–Kier alpha value is -2.15. The summed E-state index contributed by atoms with van der Waals surface area (Å²) in [5.74, 6) is 0. The van der Waals surface area contributed by atoms with Crippen molar-refractivity contribution >= 4 is 17.4 Å². The molecule has 2 amide bonds. The van der Waals surface area contributed by atoms with Gasteiger partial charge in [0.25, 0.3) is 5.69 Å². The molecule has 2 rings (SSSR count). The van der Waals surface area contributed by atoms with E-state index in [1.165, 1.54) is 12.1 Å². The number of anilines is 1. The molecule has 0 saturated carbocycles. The highest BCUT2D eigenvalue weighted by molar-refractivity contribution is 5.90. The van der Waals surface area contributed by atoms with Crippen LogP contribution in [0, 0.1) is 10.1 Å². The van der Waals surface area contributed by atoms with Crippen LogP contribution >= 0.6 is 0 Å². The number of nitrogens with one attached hydrogen (secondary N) is 1. The van der Waals surface area contributed by atoms with Crippen molar-refractivity contribution in [3.63, 3.8) is 0 Å². The number of aliphatic hydroxyl groups is 1. The van der Waals surface area contributed by atoms with Crippen molar-refractivity contribution in [1.82, 2.24) is 4.90 Å². The van der Waals surface area contributed by atoms with E-state index in [0.29, 0.717) is 18.7 Å². The largest absolute Gasteiger partial charge is 0.396 e. The maximum Gasteiger partial charge on any atom is 0.322 e. The molecule has 1 fully saturated rings. The number of hydrogen-bond donors (Lipinski definition) is 2. The summed E-state index contributed by atoms with van der Waals surface area (Å²) in [6, 6.07) is 5.66. The molecule has 1 aliphatic heterocycles. The summed E-state index contributed by atoms with van der Waals surface area (Å²) >= 11 is 0. The van der Waals surface area contributed by atoms with Gasteiger partial charge in [0.1, 0.15) is 0 Å². The molecular weight excluding hydrogens is 286 g/mol. The Bertz CT molecular complexity index is 563. The number of carbonyl (C=O) groups excluding carboxylic acids is 1. The second-order valence-corrected chi connectivity index (χ2v) is 5.82. The predicted molar refractivity (Wildman–Crippen MR) is 82.8 cm³/mol. The highest BCUT2D eigenvalue weighted by Crippen LogP contribution is 2.33. The molecule has 7 heteroatoms. The third-order valence-corrected chi connectivity index (χ3v) is 4.18. The predicted octanol–water partition coefficient (Wildman–Crippen LogP) is 2.75. The summed E-state index contributed by atoms with van der Waals surface area (Å²) in [6.45, 7) is 2.78. The maximum atomic E-state index is 12.5. The van der Waals surface area contributed by atoms with Gasteiger partial charge in [-0.2, -0.15) is 0 Å². The van der Waals surface area contributed by atoms with Crippen molar-refractivity contribution in [1.29, 1.82) is 0 Å². The van der Waals surface area contributed by atoms with Gasteiger partial charge in [-0.1, -0.05) is 6.07 Å². The molecule has 1 saturated heterocycles. The van der Waals surface area contributed by atoms with Crippen LogP contribution in [-0.4, -0.2) is 39.7 Å². The Morgan fingerprint density at radius 2 is 2.32 bits per heavy atom. The van der Waals surface area contributed by atoms with Crippen molar-refractivity contribution in [3.05, 3.63) is 34.4 Å². The minimum absolute atomic E-state index is 0.0535. The highest BCUT2D eigenvalue weighted by Gasteiger charge is 2.39. The van der Waals surface area contributed by atoms with Crippen LogP contribution in [0.3, 0.4) is 0 Å². The third-order valence-electron chi connectivity index (χ3n) is 4.18. The Kier molecular flexibility index (Phi) is 4.97. The third kappa shape index (κ3) is 3.54. The summed E-state index contributed by atoms with van der Waals surface area (Å²) in [5.41, 5.74) is 0.0888. The standard InChI is InChI=1S/C15H21N3O4/c1-15(8-4-10-19)7-3-9-17(15)14(20)16-12-5-2-6-13(11-12)18(21)22/h2,5-6,11,19H,3-4,7-10H2,1H3,(H,16,20)/t15-/m0/s1. The molecule has 1 aromatic carbocycles. The Morgan fingerprint density at radius 3 is 3.00 bits per heavy atom. The number of nitro groups is 1. The lowest BCUT2D eigenvalue weighted by Crippen LogP contribution is -2.47. The first-order chi connectivity index (χ1) is 10.5. The first-order valence-corrected chi connectivity index (χ1v) is 7.40. The molecule has 120 valence electrons. The number of aliphatic hydroxyl groups excluding tert-OH is 1. The molecule has 22 heavy (non-hydrogen) atoms. The minimum atomic E-state index is -0.489. The van der Waals surface area contributed by atoms with E-state index in [0.717, 1.165) is 19.3 Å². The Balaban J connectivity index is 2.08. The van der Waals surface area contributed by atoms with Gasteiger partial charge in [-0.3, -0.25) is 10.1 Å². The van der Waals surface area contributed by atoms with E-state index in [-0.39, 0.29) is 23.9 Å². The fourth-order valence-corrected chi connectivity index (χ4v) is 2.98. The number of benzene rings is 1. The topological polar surface area (TPSA) is 95.7 Å². The van der Waals surface area contributed by atoms with E-state index >= 15 is 0 Å². The molecule has 0 bridgehead atoms. The van der Waals surface area contributed by atoms with Crippen LogP contribution in [0.2, 0.25) is 0 Å². The van der Waals surface area contributed by atoms with E-state index in [9.17, 15) is 14.9 Å². The van der Waals surface area contributed by atoms with Crippen LogP contribution in [0.25, 0.3) is 0 Å². The molecule has 0 aromatic heterocycles. The van der Waals surface area contributed by atoms with E-state index in [2.05, 4.69) is 5.32 Å². The van der Waals surface area contributed by atoms with Gasteiger partial charge >= 0.3 is 6.03 Å². The number of hydrogen-bond acceptors (Lipinski definition) is 4. The van der Waals surface area contributed by atoms with E-state index in [4.69, 9.17) is 5.11 Å². The van der Waals surface area contributed by atoms with Gasteiger partial charge < -0.3 is 15.3 Å². The van der Waals surface area contributed by atoms with E-state index < -0.39 is 4.92 Å². The molecule has 7 nitrogen and oxygen atoms in total. The van der Waals surface area contributed by atoms with Crippen LogP contribution < -0.4 is 5.32 Å². The number of nitrogens with zero attached hydrogens (tertiary/aromatic N) is 2. The van der Waals surface area contributed by atoms with Crippen molar-refractivity contribution in [2.24, 2.45) is 0 Å². The average Bonchev–Trinajstić information content (AvgIpc) is 2.87. The summed E-state index contributed by atoms with van der Waals surface area (Å²) in [5, 5.41) is 22.5. The molecule has 2 N–H and O–H groups in total. The van der Waals surface area contributed by atoms with Gasteiger partial charge in [0.05, 0.1) is 4.92 Å². The van der Waals surface area contributed by atoms with Gasteiger partial charge in [0.2, 0.25) is 0 Å². The van der Waals surface area contributed by atoms with Crippen molar-refractivity contribution in [3.8, 4) is 0 Å². The maximum absolute atomic E-state index is 12.5. The summed E-state index contributed by atoms with van der Waals surface area (Å²) < 4.78 is 0. The van der Waals surface area contributed by atoms with Gasteiger partial charge in [-0.05, 0) is 38.7 Å². The fourth-order valence-electron chi connectivity index (χ4n) is 2.98. The monoisotopic (exact) mass is 307 g/mol. The lowest BCUT2D eigenvalue weighted by Gasteiger charge is -2.35. The van der Waals surface area contributed by atoms with Gasteiger partial charge in [0.15, 0.2) is 0 Å². The molecule has 0 spiro atoms. The quantitative estimate of drug-likeness (QED) is 0.646. The number of amides is 2. The Morgan fingerprint density at radius 1 is 1.55 bits per heavy atom. The lowest BCUT2D eigenvalue weighted by atomic mass is 9.93. The van der Waals surface area contributed by atoms with Gasteiger partial charge in [-0.15, -0.1) is 0 Å². The number of urea groups is 1. The van der Waals surface area contributed by atoms with Crippen molar-refractivity contribution in [2.75, 3.05) is 18.5 Å². The lowest BCUT2D eigenvalue weighted by molar-refractivity contribution is -0.384. The zero-order valence-corrected chi connectivity index (χ0v) is 12.6. The highest BCUT2D eigenvalue weighted by atomic mass is 16.6. The number of non-ortho nitro benzene ring substituents is 1. The molecule has 1 aromatic rings. The summed E-state index contributed by atoms with van der Waals surface area (Å²) in [6.07, 6.45) is 3.21. The molecule has 1 atom stereocenters. The van der Waals surface area contributed by atoms with Gasteiger partial charge in [0, 0.05) is 36.5 Å².